The summed E-state index contributed by atoms with van der Waals surface area (Å²) in [6, 6.07) is 17.7. The molecule has 0 fully saturated rings. The number of hydrogen-bond acceptors (Lipinski definition) is 5. The SMILES string of the molecule is CCOC(=O)C(C)CC(Cc1ccc(-c2ccccc2)cc1)NC(=O)CCC(=O)[O-]. The fourth-order valence-corrected chi connectivity index (χ4v) is 3.26. The molecule has 2 rings (SSSR count). The highest BCUT2D eigenvalue weighted by atomic mass is 16.5. The third kappa shape index (κ3) is 7.70. The van der Waals surface area contributed by atoms with Gasteiger partial charge in [-0.05, 0) is 42.9 Å². The highest BCUT2D eigenvalue weighted by Gasteiger charge is 2.22. The summed E-state index contributed by atoms with van der Waals surface area (Å²) >= 11 is 0. The first-order chi connectivity index (χ1) is 14.4. The third-order valence-corrected chi connectivity index (χ3v) is 4.79. The van der Waals surface area contributed by atoms with Crippen molar-refractivity contribution in [1.29, 1.82) is 0 Å². The zero-order valence-electron chi connectivity index (χ0n) is 17.4. The lowest BCUT2D eigenvalue weighted by Gasteiger charge is -2.22. The zero-order valence-corrected chi connectivity index (χ0v) is 17.4. The van der Waals surface area contributed by atoms with E-state index in [9.17, 15) is 19.5 Å². The largest absolute Gasteiger partial charge is 0.550 e. The van der Waals surface area contributed by atoms with E-state index in [1.807, 2.05) is 54.6 Å². The molecule has 2 aromatic rings. The van der Waals surface area contributed by atoms with Crippen molar-refractivity contribution in [3.05, 3.63) is 60.2 Å². The smallest absolute Gasteiger partial charge is 0.308 e. The van der Waals surface area contributed by atoms with Gasteiger partial charge in [0, 0.05) is 18.4 Å². The predicted molar refractivity (Wildman–Crippen MR) is 112 cm³/mol. The van der Waals surface area contributed by atoms with Gasteiger partial charge in [0.05, 0.1) is 12.5 Å². The van der Waals surface area contributed by atoms with Crippen molar-refractivity contribution in [1.82, 2.24) is 5.32 Å². The van der Waals surface area contributed by atoms with E-state index in [1.54, 1.807) is 13.8 Å². The summed E-state index contributed by atoms with van der Waals surface area (Å²) in [5, 5.41) is 13.5. The molecular weight excluding hydrogens is 382 g/mol. The van der Waals surface area contributed by atoms with Gasteiger partial charge in [-0.3, -0.25) is 9.59 Å². The first kappa shape index (κ1) is 23.1. The monoisotopic (exact) mass is 410 g/mol. The molecule has 30 heavy (non-hydrogen) atoms. The Hall–Kier alpha value is -3.15. The van der Waals surface area contributed by atoms with Gasteiger partial charge in [-0.25, -0.2) is 0 Å². The minimum Gasteiger partial charge on any atom is -0.550 e. The Morgan fingerprint density at radius 2 is 1.60 bits per heavy atom. The molecule has 0 saturated heterocycles. The molecule has 0 radical (unpaired) electrons. The number of nitrogens with one attached hydrogen (secondary N) is 1. The van der Waals surface area contributed by atoms with Crippen LogP contribution in [0, 0.1) is 5.92 Å². The highest BCUT2D eigenvalue weighted by Crippen LogP contribution is 2.21. The van der Waals surface area contributed by atoms with Crippen molar-refractivity contribution in [3.63, 3.8) is 0 Å². The second kappa shape index (κ2) is 11.8. The summed E-state index contributed by atoms with van der Waals surface area (Å²) in [4.78, 5) is 34.8. The summed E-state index contributed by atoms with van der Waals surface area (Å²) < 4.78 is 5.07. The van der Waals surface area contributed by atoms with Gasteiger partial charge >= 0.3 is 5.97 Å². The number of carboxylic acids is 1. The molecule has 0 saturated carbocycles. The van der Waals surface area contributed by atoms with Gasteiger partial charge in [0.2, 0.25) is 5.91 Å². The average molecular weight is 410 g/mol. The average Bonchev–Trinajstić information content (AvgIpc) is 2.73. The first-order valence-electron chi connectivity index (χ1n) is 10.2. The molecule has 1 N–H and O–H groups in total. The fraction of sp³-hybridized carbons (Fsp3) is 0.375. The van der Waals surface area contributed by atoms with E-state index in [0.29, 0.717) is 19.4 Å². The van der Waals surface area contributed by atoms with Crippen molar-refractivity contribution in [2.75, 3.05) is 6.61 Å². The molecule has 0 spiro atoms. The van der Waals surface area contributed by atoms with Crippen LogP contribution in [0.3, 0.4) is 0 Å². The van der Waals surface area contributed by atoms with Gasteiger partial charge < -0.3 is 20.0 Å². The molecule has 2 atom stereocenters. The van der Waals surface area contributed by atoms with E-state index in [4.69, 9.17) is 4.74 Å². The van der Waals surface area contributed by atoms with E-state index in [1.165, 1.54) is 0 Å². The van der Waals surface area contributed by atoms with Gasteiger partial charge in [-0.1, -0.05) is 61.5 Å². The predicted octanol–water partition coefficient (Wildman–Crippen LogP) is 2.50. The number of esters is 1. The Morgan fingerprint density at radius 3 is 2.20 bits per heavy atom. The summed E-state index contributed by atoms with van der Waals surface area (Å²) in [6.45, 7) is 3.81. The van der Waals surface area contributed by atoms with Crippen LogP contribution in [0.5, 0.6) is 0 Å². The molecule has 1 amide bonds. The normalized spacial score (nSPS) is 12.6. The van der Waals surface area contributed by atoms with Crippen molar-refractivity contribution in [2.24, 2.45) is 5.92 Å². The van der Waals surface area contributed by atoms with Crippen molar-refractivity contribution < 1.29 is 24.2 Å². The number of aliphatic carboxylic acids is 1. The molecule has 0 aliphatic rings. The van der Waals surface area contributed by atoms with E-state index < -0.39 is 5.97 Å². The number of rotatable bonds is 11. The molecule has 6 heteroatoms. The Morgan fingerprint density at radius 1 is 0.967 bits per heavy atom. The summed E-state index contributed by atoms with van der Waals surface area (Å²) in [7, 11) is 0. The molecule has 2 unspecified atom stereocenters. The fourth-order valence-electron chi connectivity index (χ4n) is 3.26. The number of ether oxygens (including phenoxy) is 1. The number of carboxylic acid groups (broad SMARTS) is 1. The number of amides is 1. The Labute approximate surface area is 177 Å². The maximum absolute atomic E-state index is 12.1. The van der Waals surface area contributed by atoms with Crippen LogP contribution in [0.4, 0.5) is 0 Å². The minimum atomic E-state index is -1.27. The highest BCUT2D eigenvalue weighted by molar-refractivity contribution is 5.80. The third-order valence-electron chi connectivity index (χ3n) is 4.79. The Balaban J connectivity index is 2.07. The lowest BCUT2D eigenvalue weighted by atomic mass is 9.94. The Bertz CT molecular complexity index is 832. The van der Waals surface area contributed by atoms with E-state index >= 15 is 0 Å². The van der Waals surface area contributed by atoms with E-state index in [-0.39, 0.29) is 36.7 Å². The van der Waals surface area contributed by atoms with Crippen molar-refractivity contribution in [2.45, 2.75) is 45.6 Å². The van der Waals surface area contributed by atoms with Crippen LogP contribution in [0.2, 0.25) is 0 Å². The second-order valence-electron chi connectivity index (χ2n) is 7.29. The molecule has 0 bridgehead atoms. The zero-order chi connectivity index (χ0) is 21.9. The lowest BCUT2D eigenvalue weighted by molar-refractivity contribution is -0.305. The van der Waals surface area contributed by atoms with Crippen LogP contribution in [-0.4, -0.2) is 30.5 Å². The number of hydrogen-bond donors (Lipinski definition) is 1. The topological polar surface area (TPSA) is 95.5 Å². The van der Waals surface area contributed by atoms with Crippen LogP contribution in [0.1, 0.15) is 38.7 Å². The van der Waals surface area contributed by atoms with Crippen LogP contribution >= 0.6 is 0 Å². The van der Waals surface area contributed by atoms with E-state index in [2.05, 4.69) is 5.32 Å². The Kier molecular flexibility index (Phi) is 9.06. The quantitative estimate of drug-likeness (QED) is 0.574. The molecule has 0 aliphatic carbocycles. The first-order valence-corrected chi connectivity index (χ1v) is 10.2. The van der Waals surface area contributed by atoms with Gasteiger partial charge in [0.25, 0.3) is 0 Å². The molecule has 0 heterocycles. The van der Waals surface area contributed by atoms with Gasteiger partial charge in [-0.2, -0.15) is 0 Å². The maximum atomic E-state index is 12.1. The standard InChI is InChI=1S/C24H29NO5/c1-3-30-24(29)17(2)15-21(25-22(26)13-14-23(27)28)16-18-9-11-20(12-10-18)19-7-5-4-6-8-19/h4-12,17,21H,3,13-16H2,1-2H3,(H,25,26)(H,27,28)/p-1. The molecule has 0 aromatic heterocycles. The van der Waals surface area contributed by atoms with E-state index in [0.717, 1.165) is 16.7 Å². The number of carbonyl (C=O) groups excluding carboxylic acids is 3. The van der Waals surface area contributed by atoms with Crippen LogP contribution in [0.15, 0.2) is 54.6 Å². The van der Waals surface area contributed by atoms with Crippen LogP contribution < -0.4 is 10.4 Å². The molecular formula is C24H28NO5-. The maximum Gasteiger partial charge on any atom is 0.308 e. The summed E-state index contributed by atoms with van der Waals surface area (Å²) in [6.07, 6.45) is 0.434. The van der Waals surface area contributed by atoms with Crippen LogP contribution in [0.25, 0.3) is 11.1 Å². The van der Waals surface area contributed by atoms with Gasteiger partial charge in [-0.15, -0.1) is 0 Å². The van der Waals surface area contributed by atoms with Gasteiger partial charge in [0.15, 0.2) is 0 Å². The molecule has 2 aromatic carbocycles. The molecule has 160 valence electrons. The molecule has 6 nitrogen and oxygen atoms in total. The summed E-state index contributed by atoms with van der Waals surface area (Å²) in [5.41, 5.74) is 3.22. The lowest BCUT2D eigenvalue weighted by Crippen LogP contribution is -2.39. The summed E-state index contributed by atoms with van der Waals surface area (Å²) in [5.74, 6) is -2.34. The van der Waals surface area contributed by atoms with Crippen molar-refractivity contribution in [3.8, 4) is 11.1 Å². The minimum absolute atomic E-state index is 0.153. The number of benzene rings is 2. The van der Waals surface area contributed by atoms with Crippen molar-refractivity contribution >= 4 is 17.8 Å². The molecule has 0 aliphatic heterocycles. The second-order valence-corrected chi connectivity index (χ2v) is 7.29. The number of carbonyl (C=O) groups is 3. The van der Waals surface area contributed by atoms with Crippen LogP contribution in [-0.2, 0) is 25.5 Å². The van der Waals surface area contributed by atoms with Gasteiger partial charge in [0.1, 0.15) is 0 Å².